The number of rotatable bonds is 5. The number of nitrogens with two attached hydrogens (primary N) is 1. The molecule has 2 aliphatic heterocycles. The lowest BCUT2D eigenvalue weighted by Crippen LogP contribution is -2.47. The SMILES string of the molecule is COc1cc2c(cc1N1C(C(F)(F)F)=CC=CC1C(N)=O)CN(C1CCC(CO)CC1)C2(C)C. The molecular formula is C25H32F3N3O3. The number of anilines is 1. The Kier molecular flexibility index (Phi) is 6.46. The van der Waals surface area contributed by atoms with Gasteiger partial charge in [0.05, 0.1) is 12.8 Å². The van der Waals surface area contributed by atoms with Gasteiger partial charge in [0.15, 0.2) is 0 Å². The third-order valence-corrected chi connectivity index (χ3v) is 7.56. The highest BCUT2D eigenvalue weighted by atomic mass is 19.4. The molecule has 3 N–H and O–H groups in total. The molecule has 4 rings (SSSR count). The first kappa shape index (κ1) is 24.6. The Morgan fingerprint density at radius 3 is 2.47 bits per heavy atom. The number of aliphatic hydroxyl groups excluding tert-OH is 1. The summed E-state index contributed by atoms with van der Waals surface area (Å²) in [5.74, 6) is -0.285. The predicted octanol–water partition coefficient (Wildman–Crippen LogP) is 3.97. The van der Waals surface area contributed by atoms with Gasteiger partial charge >= 0.3 is 6.18 Å². The van der Waals surface area contributed by atoms with Crippen LogP contribution in [-0.2, 0) is 16.9 Å². The van der Waals surface area contributed by atoms with Crippen LogP contribution in [-0.4, -0.2) is 47.9 Å². The van der Waals surface area contributed by atoms with E-state index in [4.69, 9.17) is 10.5 Å². The van der Waals surface area contributed by atoms with E-state index in [1.54, 1.807) is 12.1 Å². The maximum atomic E-state index is 13.9. The lowest BCUT2D eigenvalue weighted by molar-refractivity contribution is -0.119. The molecule has 3 aliphatic rings. The Morgan fingerprint density at radius 1 is 1.24 bits per heavy atom. The summed E-state index contributed by atoms with van der Waals surface area (Å²) in [6.07, 6.45) is 2.68. The number of carbonyl (C=O) groups excluding carboxylic acids is 1. The molecule has 0 saturated heterocycles. The molecule has 2 heterocycles. The van der Waals surface area contributed by atoms with Gasteiger partial charge in [0, 0.05) is 24.7 Å². The van der Waals surface area contributed by atoms with Crippen molar-refractivity contribution >= 4 is 11.6 Å². The summed E-state index contributed by atoms with van der Waals surface area (Å²) in [6.45, 7) is 5.03. The van der Waals surface area contributed by atoms with Crippen molar-refractivity contribution in [3.8, 4) is 5.75 Å². The zero-order valence-corrected chi connectivity index (χ0v) is 19.7. The first-order valence-electron chi connectivity index (χ1n) is 11.6. The first-order chi connectivity index (χ1) is 16.0. The lowest BCUT2D eigenvalue weighted by atomic mass is 9.84. The second-order valence-electron chi connectivity index (χ2n) is 9.88. The number of alkyl halides is 3. The predicted molar refractivity (Wildman–Crippen MR) is 123 cm³/mol. The van der Waals surface area contributed by atoms with Crippen LogP contribution in [0.4, 0.5) is 18.9 Å². The maximum absolute atomic E-state index is 13.9. The number of hydrogen-bond donors (Lipinski definition) is 2. The van der Waals surface area contributed by atoms with Crippen molar-refractivity contribution in [3.63, 3.8) is 0 Å². The maximum Gasteiger partial charge on any atom is 0.431 e. The van der Waals surface area contributed by atoms with Crippen molar-refractivity contribution in [1.82, 2.24) is 4.90 Å². The third kappa shape index (κ3) is 4.20. The molecule has 9 heteroatoms. The van der Waals surface area contributed by atoms with Gasteiger partial charge in [0.1, 0.15) is 17.5 Å². The van der Waals surface area contributed by atoms with Gasteiger partial charge in [-0.1, -0.05) is 12.2 Å². The lowest BCUT2D eigenvalue weighted by Gasteiger charge is -2.42. The van der Waals surface area contributed by atoms with E-state index in [0.717, 1.165) is 47.8 Å². The van der Waals surface area contributed by atoms with Gasteiger partial charge in [-0.3, -0.25) is 9.69 Å². The Balaban J connectivity index is 1.75. The van der Waals surface area contributed by atoms with Gasteiger partial charge in [-0.2, -0.15) is 13.2 Å². The van der Waals surface area contributed by atoms with Crippen LogP contribution in [0.1, 0.15) is 50.7 Å². The Hall–Kier alpha value is -2.52. The highest BCUT2D eigenvalue weighted by Crippen LogP contribution is 2.49. The number of amides is 1. The Morgan fingerprint density at radius 2 is 1.91 bits per heavy atom. The molecular weight excluding hydrogens is 447 g/mol. The van der Waals surface area contributed by atoms with Gasteiger partial charge in [0.25, 0.3) is 0 Å². The van der Waals surface area contributed by atoms with Crippen LogP contribution in [0, 0.1) is 5.92 Å². The van der Waals surface area contributed by atoms with Crippen LogP contribution in [0.5, 0.6) is 5.75 Å². The summed E-state index contributed by atoms with van der Waals surface area (Å²) in [4.78, 5) is 15.5. The Bertz CT molecular complexity index is 1010. The van der Waals surface area contributed by atoms with E-state index in [1.165, 1.54) is 19.3 Å². The minimum absolute atomic E-state index is 0.166. The van der Waals surface area contributed by atoms with Crippen molar-refractivity contribution < 1.29 is 27.8 Å². The normalized spacial score (nSPS) is 26.9. The summed E-state index contributed by atoms with van der Waals surface area (Å²) in [6, 6.07) is 2.55. The van der Waals surface area contributed by atoms with Crippen molar-refractivity contribution in [1.29, 1.82) is 0 Å². The zero-order chi connectivity index (χ0) is 24.8. The molecule has 186 valence electrons. The van der Waals surface area contributed by atoms with Gasteiger partial charge in [0.2, 0.25) is 5.91 Å². The molecule has 1 saturated carbocycles. The van der Waals surface area contributed by atoms with Crippen LogP contribution < -0.4 is 15.4 Å². The number of benzene rings is 1. The summed E-state index contributed by atoms with van der Waals surface area (Å²) in [5, 5.41) is 9.48. The number of aliphatic hydroxyl groups is 1. The average molecular weight is 480 g/mol. The molecule has 1 aromatic rings. The van der Waals surface area contributed by atoms with E-state index in [1.807, 2.05) is 0 Å². The topological polar surface area (TPSA) is 79.0 Å². The number of halogens is 3. The summed E-state index contributed by atoms with van der Waals surface area (Å²) in [5.41, 5.74) is 6.26. The van der Waals surface area contributed by atoms with Crippen molar-refractivity contribution in [2.75, 3.05) is 18.6 Å². The second-order valence-corrected chi connectivity index (χ2v) is 9.88. The number of nitrogens with zero attached hydrogens (tertiary/aromatic N) is 2. The molecule has 0 spiro atoms. The molecule has 1 atom stereocenters. The largest absolute Gasteiger partial charge is 0.495 e. The van der Waals surface area contributed by atoms with E-state index < -0.39 is 23.8 Å². The minimum atomic E-state index is -4.68. The van der Waals surface area contributed by atoms with Crippen molar-refractivity contribution in [3.05, 3.63) is 47.2 Å². The van der Waals surface area contributed by atoms with Gasteiger partial charge in [-0.25, -0.2) is 0 Å². The number of ether oxygens (including phenoxy) is 1. The van der Waals surface area contributed by atoms with Crippen molar-refractivity contribution in [2.24, 2.45) is 11.7 Å². The number of carbonyl (C=O) groups is 1. The summed E-state index contributed by atoms with van der Waals surface area (Å²) < 4.78 is 47.4. The molecule has 6 nitrogen and oxygen atoms in total. The molecule has 0 radical (unpaired) electrons. The molecule has 1 aromatic carbocycles. The number of allylic oxidation sites excluding steroid dienone is 3. The van der Waals surface area contributed by atoms with Crippen LogP contribution >= 0.6 is 0 Å². The smallest absolute Gasteiger partial charge is 0.431 e. The molecule has 0 bridgehead atoms. The zero-order valence-electron chi connectivity index (χ0n) is 19.7. The first-order valence-corrected chi connectivity index (χ1v) is 11.6. The molecule has 1 amide bonds. The van der Waals surface area contributed by atoms with Gasteiger partial charge < -0.3 is 20.5 Å². The fourth-order valence-electron chi connectivity index (χ4n) is 5.73. The molecule has 0 aromatic heterocycles. The third-order valence-electron chi connectivity index (χ3n) is 7.56. The number of fused-ring (bicyclic) bond motifs is 1. The average Bonchev–Trinajstić information content (AvgIpc) is 3.06. The quantitative estimate of drug-likeness (QED) is 0.668. The van der Waals surface area contributed by atoms with Crippen LogP contribution in [0.25, 0.3) is 0 Å². The second kappa shape index (κ2) is 8.92. The number of hydrogen-bond acceptors (Lipinski definition) is 5. The van der Waals surface area contributed by atoms with Gasteiger partial charge in [-0.15, -0.1) is 0 Å². The van der Waals surface area contributed by atoms with E-state index >= 15 is 0 Å². The standard InChI is InChI=1S/C25H32F3N3O3/c1-24(2)18-12-21(34-3)20(31-19(23(29)33)5-4-6-22(31)25(26,27)28)11-16(18)13-30(24)17-9-7-15(14-32)8-10-17/h4-6,11-12,15,17,19,32H,7-10,13-14H2,1-3H3,(H2,29,33). The molecule has 1 unspecified atom stereocenters. The van der Waals surface area contributed by atoms with E-state index in [0.29, 0.717) is 18.5 Å². The molecule has 1 aliphatic carbocycles. The monoisotopic (exact) mass is 479 g/mol. The highest BCUT2D eigenvalue weighted by molar-refractivity contribution is 5.89. The van der Waals surface area contributed by atoms with Crippen molar-refractivity contribution in [2.45, 2.75) is 69.9 Å². The summed E-state index contributed by atoms with van der Waals surface area (Å²) in [7, 11) is 1.41. The minimum Gasteiger partial charge on any atom is -0.495 e. The molecule has 34 heavy (non-hydrogen) atoms. The van der Waals surface area contributed by atoms with E-state index in [2.05, 4.69) is 18.7 Å². The van der Waals surface area contributed by atoms with Crippen LogP contribution in [0.2, 0.25) is 0 Å². The van der Waals surface area contributed by atoms with Crippen LogP contribution in [0.3, 0.4) is 0 Å². The van der Waals surface area contributed by atoms with Gasteiger partial charge in [-0.05, 0) is 74.8 Å². The number of methoxy groups -OCH3 is 1. The Labute approximate surface area is 197 Å². The molecule has 1 fully saturated rings. The van der Waals surface area contributed by atoms with E-state index in [9.17, 15) is 23.1 Å². The van der Waals surface area contributed by atoms with Crippen LogP contribution in [0.15, 0.2) is 36.1 Å². The highest BCUT2D eigenvalue weighted by Gasteiger charge is 2.46. The summed E-state index contributed by atoms with van der Waals surface area (Å²) >= 11 is 0. The van der Waals surface area contributed by atoms with E-state index in [-0.39, 0.29) is 23.6 Å². The fraction of sp³-hybridized carbons (Fsp3) is 0.560. The fourth-order valence-corrected chi connectivity index (χ4v) is 5.73. The number of primary amides is 1.